The highest BCUT2D eigenvalue weighted by atomic mass is 16.4. The van der Waals surface area contributed by atoms with Crippen molar-refractivity contribution in [2.24, 2.45) is 11.3 Å². The summed E-state index contributed by atoms with van der Waals surface area (Å²) in [7, 11) is 0. The van der Waals surface area contributed by atoms with Crippen molar-refractivity contribution in [3.63, 3.8) is 0 Å². The Morgan fingerprint density at radius 3 is 1.92 bits per heavy atom. The van der Waals surface area contributed by atoms with Crippen molar-refractivity contribution in [2.75, 3.05) is 0 Å². The van der Waals surface area contributed by atoms with Crippen LogP contribution in [0, 0.1) is 11.3 Å². The molecular formula is C15H26N2O7. The topological polar surface area (TPSA) is 153 Å². The minimum atomic E-state index is -1.44. The summed E-state index contributed by atoms with van der Waals surface area (Å²) in [4.78, 5) is 45.1. The molecule has 24 heavy (non-hydrogen) atoms. The number of amides is 2. The smallest absolute Gasteiger partial charge is 0.326 e. The average molecular weight is 346 g/mol. The molecule has 0 heterocycles. The summed E-state index contributed by atoms with van der Waals surface area (Å²) < 4.78 is 0. The van der Waals surface area contributed by atoms with Gasteiger partial charge in [-0.1, -0.05) is 34.1 Å². The zero-order valence-corrected chi connectivity index (χ0v) is 14.3. The van der Waals surface area contributed by atoms with Crippen LogP contribution in [0.5, 0.6) is 0 Å². The van der Waals surface area contributed by atoms with E-state index in [1.54, 1.807) is 0 Å². The van der Waals surface area contributed by atoms with Gasteiger partial charge in [0.15, 0.2) is 0 Å². The van der Waals surface area contributed by atoms with Crippen LogP contribution in [0.2, 0.25) is 0 Å². The summed E-state index contributed by atoms with van der Waals surface area (Å²) in [6.45, 7) is 6.99. The van der Waals surface area contributed by atoms with Crippen LogP contribution in [0.15, 0.2) is 0 Å². The van der Waals surface area contributed by atoms with Gasteiger partial charge in [-0.3, -0.25) is 4.79 Å². The summed E-state index contributed by atoms with van der Waals surface area (Å²) >= 11 is 0. The predicted octanol–water partition coefficient (Wildman–Crippen LogP) is 1.13. The SMILES string of the molecule is CCC(C)(C)CC(NC(=O)NC(C(=O)O)C(C)CC(=O)O)C(=O)O. The summed E-state index contributed by atoms with van der Waals surface area (Å²) in [5, 5.41) is 31.4. The predicted molar refractivity (Wildman–Crippen MR) is 84.6 cm³/mol. The largest absolute Gasteiger partial charge is 0.481 e. The first-order chi connectivity index (χ1) is 10.9. The van der Waals surface area contributed by atoms with Crippen LogP contribution < -0.4 is 10.6 Å². The third kappa shape index (κ3) is 7.80. The van der Waals surface area contributed by atoms with Crippen LogP contribution in [0.25, 0.3) is 0 Å². The molecule has 0 spiro atoms. The van der Waals surface area contributed by atoms with Crippen molar-refractivity contribution in [2.45, 2.75) is 59.0 Å². The van der Waals surface area contributed by atoms with Crippen molar-refractivity contribution in [1.82, 2.24) is 10.6 Å². The van der Waals surface area contributed by atoms with Gasteiger partial charge in [-0.05, 0) is 17.8 Å². The molecule has 0 aliphatic carbocycles. The van der Waals surface area contributed by atoms with E-state index in [1.165, 1.54) is 6.92 Å². The zero-order valence-electron chi connectivity index (χ0n) is 14.3. The third-order valence-electron chi connectivity index (χ3n) is 3.94. The Hall–Kier alpha value is -2.32. The molecule has 0 aromatic carbocycles. The molecule has 138 valence electrons. The van der Waals surface area contributed by atoms with Gasteiger partial charge in [-0.2, -0.15) is 0 Å². The second-order valence-corrected chi connectivity index (χ2v) is 6.62. The van der Waals surface area contributed by atoms with E-state index < -0.39 is 48.4 Å². The van der Waals surface area contributed by atoms with E-state index in [2.05, 4.69) is 10.6 Å². The van der Waals surface area contributed by atoms with Crippen molar-refractivity contribution in [1.29, 1.82) is 0 Å². The molecular weight excluding hydrogens is 320 g/mol. The minimum Gasteiger partial charge on any atom is -0.481 e. The lowest BCUT2D eigenvalue weighted by Crippen LogP contribution is -2.53. The summed E-state index contributed by atoms with van der Waals surface area (Å²) in [5.41, 5.74) is -0.320. The monoisotopic (exact) mass is 346 g/mol. The Morgan fingerprint density at radius 2 is 1.54 bits per heavy atom. The Labute approximate surface area is 140 Å². The van der Waals surface area contributed by atoms with Gasteiger partial charge in [0.1, 0.15) is 12.1 Å². The van der Waals surface area contributed by atoms with Gasteiger partial charge in [0.2, 0.25) is 0 Å². The molecule has 0 saturated carbocycles. The average Bonchev–Trinajstić information content (AvgIpc) is 2.42. The lowest BCUT2D eigenvalue weighted by Gasteiger charge is -2.28. The molecule has 3 unspecified atom stereocenters. The number of nitrogens with one attached hydrogen (secondary N) is 2. The van der Waals surface area contributed by atoms with Gasteiger partial charge >= 0.3 is 23.9 Å². The van der Waals surface area contributed by atoms with Crippen LogP contribution in [0.3, 0.4) is 0 Å². The number of carboxylic acid groups (broad SMARTS) is 3. The fourth-order valence-corrected chi connectivity index (χ4v) is 2.08. The quantitative estimate of drug-likeness (QED) is 0.397. The fourth-order valence-electron chi connectivity index (χ4n) is 2.08. The molecule has 3 atom stereocenters. The van der Waals surface area contributed by atoms with E-state index in [-0.39, 0.29) is 11.8 Å². The van der Waals surface area contributed by atoms with Crippen LogP contribution in [-0.2, 0) is 14.4 Å². The first-order valence-corrected chi connectivity index (χ1v) is 7.64. The van der Waals surface area contributed by atoms with E-state index in [0.29, 0.717) is 6.42 Å². The van der Waals surface area contributed by atoms with Crippen LogP contribution in [-0.4, -0.2) is 51.3 Å². The Kier molecular flexibility index (Phi) is 8.21. The molecule has 9 heteroatoms. The van der Waals surface area contributed by atoms with Gasteiger partial charge in [0.25, 0.3) is 0 Å². The van der Waals surface area contributed by atoms with Crippen LogP contribution >= 0.6 is 0 Å². The molecule has 0 bridgehead atoms. The number of urea groups is 1. The number of carbonyl (C=O) groups is 4. The van der Waals surface area contributed by atoms with Gasteiger partial charge in [-0.15, -0.1) is 0 Å². The first-order valence-electron chi connectivity index (χ1n) is 7.64. The highest BCUT2D eigenvalue weighted by Gasteiger charge is 2.31. The molecule has 0 aromatic rings. The number of carbonyl (C=O) groups excluding carboxylic acids is 1. The molecule has 0 aromatic heterocycles. The summed E-state index contributed by atoms with van der Waals surface area (Å²) in [6, 6.07) is -3.57. The Morgan fingerprint density at radius 1 is 1.00 bits per heavy atom. The molecule has 0 fully saturated rings. The fraction of sp³-hybridized carbons (Fsp3) is 0.733. The van der Waals surface area contributed by atoms with Crippen molar-refractivity contribution in [3.05, 3.63) is 0 Å². The molecule has 0 rings (SSSR count). The molecule has 0 aliphatic heterocycles. The van der Waals surface area contributed by atoms with Crippen LogP contribution in [0.1, 0.15) is 47.0 Å². The van der Waals surface area contributed by atoms with Crippen molar-refractivity contribution < 1.29 is 34.5 Å². The molecule has 2 amide bonds. The molecule has 0 aliphatic rings. The standard InChI is InChI=1S/C15H26N2O7/c1-5-15(3,4)7-9(12(20)21)16-14(24)17-11(13(22)23)8(2)6-10(18)19/h8-9,11H,5-7H2,1-4H3,(H,18,19)(H,20,21)(H,22,23)(H2,16,17,24). The van der Waals surface area contributed by atoms with Gasteiger partial charge in [0.05, 0.1) is 6.42 Å². The second-order valence-electron chi connectivity index (χ2n) is 6.62. The van der Waals surface area contributed by atoms with Gasteiger partial charge in [0, 0.05) is 0 Å². The maximum atomic E-state index is 11.9. The number of aliphatic carboxylic acids is 3. The minimum absolute atomic E-state index is 0.175. The van der Waals surface area contributed by atoms with Crippen LogP contribution in [0.4, 0.5) is 4.79 Å². The number of hydrogen-bond acceptors (Lipinski definition) is 4. The van der Waals surface area contributed by atoms with Gasteiger partial charge < -0.3 is 26.0 Å². The third-order valence-corrected chi connectivity index (χ3v) is 3.94. The normalized spacial score (nSPS) is 15.0. The van der Waals surface area contributed by atoms with Crippen molar-refractivity contribution >= 4 is 23.9 Å². The first kappa shape index (κ1) is 21.7. The Balaban J connectivity index is 4.94. The van der Waals surface area contributed by atoms with Crippen molar-refractivity contribution in [3.8, 4) is 0 Å². The zero-order chi connectivity index (χ0) is 19.1. The lowest BCUT2D eigenvalue weighted by molar-refractivity contribution is -0.142. The van der Waals surface area contributed by atoms with E-state index in [0.717, 1.165) is 0 Å². The molecule has 5 N–H and O–H groups in total. The lowest BCUT2D eigenvalue weighted by atomic mass is 9.83. The van der Waals surface area contributed by atoms with E-state index in [9.17, 15) is 24.3 Å². The number of rotatable bonds is 10. The highest BCUT2D eigenvalue weighted by molar-refractivity contribution is 5.86. The maximum Gasteiger partial charge on any atom is 0.326 e. The highest BCUT2D eigenvalue weighted by Crippen LogP contribution is 2.26. The maximum absolute atomic E-state index is 11.9. The number of carboxylic acids is 3. The Bertz CT molecular complexity index is 490. The summed E-state index contributed by atoms with van der Waals surface area (Å²) in [6.07, 6.45) is 0.435. The van der Waals surface area contributed by atoms with E-state index in [1.807, 2.05) is 20.8 Å². The van der Waals surface area contributed by atoms with E-state index >= 15 is 0 Å². The molecule has 0 radical (unpaired) electrons. The number of hydrogen-bond donors (Lipinski definition) is 5. The second kappa shape index (κ2) is 9.09. The summed E-state index contributed by atoms with van der Waals surface area (Å²) in [5.74, 6) is -4.66. The van der Waals surface area contributed by atoms with E-state index in [4.69, 9.17) is 10.2 Å². The molecule has 0 saturated heterocycles. The van der Waals surface area contributed by atoms with Gasteiger partial charge in [-0.25, -0.2) is 14.4 Å². The molecule has 9 nitrogen and oxygen atoms in total.